The van der Waals surface area contributed by atoms with E-state index in [1.54, 1.807) is 0 Å². The predicted molar refractivity (Wildman–Crippen MR) is 284 cm³/mol. The Labute approximate surface area is 409 Å². The summed E-state index contributed by atoms with van der Waals surface area (Å²) in [6.45, 7) is 6.58. The average Bonchev–Trinajstić information content (AvgIpc) is 3.31. The smallest absolute Gasteiger partial charge is 0.306 e. The van der Waals surface area contributed by atoms with E-state index < -0.39 is 6.10 Å². The van der Waals surface area contributed by atoms with Crippen molar-refractivity contribution in [2.45, 2.75) is 303 Å². The Kier molecular flexibility index (Phi) is 52.8. The van der Waals surface area contributed by atoms with Crippen LogP contribution >= 0.6 is 0 Å². The van der Waals surface area contributed by atoms with E-state index in [4.69, 9.17) is 14.2 Å². The van der Waals surface area contributed by atoms with E-state index in [2.05, 4.69) is 69.4 Å². The van der Waals surface area contributed by atoms with Crippen molar-refractivity contribution < 1.29 is 28.6 Å². The Hall–Kier alpha value is -2.63. The van der Waals surface area contributed by atoms with Gasteiger partial charge in [-0.05, 0) is 83.5 Å². The monoisotopic (exact) mass is 925 g/mol. The van der Waals surface area contributed by atoms with Gasteiger partial charge in [-0.15, -0.1) is 0 Å². The van der Waals surface area contributed by atoms with Crippen LogP contribution in [0.3, 0.4) is 0 Å². The molecule has 0 heterocycles. The van der Waals surface area contributed by atoms with Gasteiger partial charge in [0.1, 0.15) is 13.2 Å². The first kappa shape index (κ1) is 63.4. The highest BCUT2D eigenvalue weighted by molar-refractivity contribution is 5.71. The van der Waals surface area contributed by atoms with Crippen LogP contribution in [0, 0.1) is 0 Å². The number of ether oxygens (including phenoxy) is 3. The van der Waals surface area contributed by atoms with Gasteiger partial charge in [-0.3, -0.25) is 14.4 Å². The Morgan fingerprint density at radius 1 is 0.303 bits per heavy atom. The molecule has 0 N–H and O–H groups in total. The molecule has 0 aliphatic heterocycles. The van der Waals surface area contributed by atoms with Crippen LogP contribution in [0.5, 0.6) is 0 Å². The van der Waals surface area contributed by atoms with Gasteiger partial charge in [-0.25, -0.2) is 0 Å². The number of unbranched alkanes of at least 4 members (excludes halogenated alkanes) is 33. The molecule has 0 fully saturated rings. The van der Waals surface area contributed by atoms with Crippen molar-refractivity contribution in [3.63, 3.8) is 0 Å². The molecule has 0 aromatic carbocycles. The second-order valence-corrected chi connectivity index (χ2v) is 19.2. The van der Waals surface area contributed by atoms with E-state index in [-0.39, 0.29) is 31.1 Å². The Bertz CT molecular complexity index is 1150. The van der Waals surface area contributed by atoms with E-state index in [1.807, 2.05) is 0 Å². The SMILES string of the molecule is CCCCC/C=C\C/C=C\CCCCCCCC(=O)OC(COC(=O)CCCCCCCCCC)COC(=O)CCCCCCCCCCCCCCC/C=C\C/C=C\CCCCCCC. The summed E-state index contributed by atoms with van der Waals surface area (Å²) in [6, 6.07) is 0. The van der Waals surface area contributed by atoms with Gasteiger partial charge in [0, 0.05) is 19.3 Å². The molecule has 384 valence electrons. The van der Waals surface area contributed by atoms with Gasteiger partial charge in [0.25, 0.3) is 0 Å². The van der Waals surface area contributed by atoms with E-state index in [0.717, 1.165) is 89.9 Å². The molecular formula is C60H108O6. The summed E-state index contributed by atoms with van der Waals surface area (Å²) in [7, 11) is 0. The molecule has 6 nitrogen and oxygen atoms in total. The summed E-state index contributed by atoms with van der Waals surface area (Å²) >= 11 is 0. The molecular weight excluding hydrogens is 817 g/mol. The van der Waals surface area contributed by atoms with Crippen LogP contribution in [0.15, 0.2) is 48.6 Å². The third-order valence-electron chi connectivity index (χ3n) is 12.6. The number of allylic oxidation sites excluding steroid dienone is 8. The fourth-order valence-corrected chi connectivity index (χ4v) is 8.21. The standard InChI is InChI=1S/C60H108O6/c1-4-7-10-13-16-19-21-23-25-26-27-28-29-30-31-32-33-34-36-37-39-41-44-47-50-53-59(62)65-56-57(55-64-58(61)52-49-46-43-18-15-12-9-6-3)66-60(63)54-51-48-45-42-40-38-35-24-22-20-17-14-11-8-5-2/h17,20-21,23-24,26-27,35,57H,4-16,18-19,22,25,28-34,36-56H2,1-3H3/b20-17-,23-21-,27-26-,35-24-. The van der Waals surface area contributed by atoms with Gasteiger partial charge in [0.2, 0.25) is 0 Å². The van der Waals surface area contributed by atoms with Gasteiger partial charge < -0.3 is 14.2 Å². The van der Waals surface area contributed by atoms with Gasteiger partial charge in [0.05, 0.1) is 0 Å². The highest BCUT2D eigenvalue weighted by atomic mass is 16.6. The summed E-state index contributed by atoms with van der Waals surface area (Å²) < 4.78 is 16.8. The zero-order chi connectivity index (χ0) is 47.9. The van der Waals surface area contributed by atoms with Crippen LogP contribution in [0.1, 0.15) is 297 Å². The van der Waals surface area contributed by atoms with Gasteiger partial charge in [-0.2, -0.15) is 0 Å². The summed E-state index contributed by atoms with van der Waals surface area (Å²) in [5.74, 6) is -0.885. The summed E-state index contributed by atoms with van der Waals surface area (Å²) in [6.07, 6.45) is 66.9. The number of carbonyl (C=O) groups is 3. The Balaban J connectivity index is 4.17. The number of esters is 3. The maximum absolute atomic E-state index is 12.8. The second-order valence-electron chi connectivity index (χ2n) is 19.2. The minimum absolute atomic E-state index is 0.0767. The molecule has 0 aliphatic carbocycles. The summed E-state index contributed by atoms with van der Waals surface area (Å²) in [5.41, 5.74) is 0. The van der Waals surface area contributed by atoms with E-state index in [0.29, 0.717) is 19.3 Å². The summed E-state index contributed by atoms with van der Waals surface area (Å²) in [5, 5.41) is 0. The number of carbonyl (C=O) groups excluding carboxylic acids is 3. The van der Waals surface area contributed by atoms with Crippen LogP contribution in [-0.4, -0.2) is 37.2 Å². The van der Waals surface area contributed by atoms with Gasteiger partial charge in [0.15, 0.2) is 6.10 Å². The molecule has 0 aromatic rings. The lowest BCUT2D eigenvalue weighted by Gasteiger charge is -2.18. The predicted octanol–water partition coefficient (Wildman–Crippen LogP) is 19.0. The molecule has 0 aromatic heterocycles. The lowest BCUT2D eigenvalue weighted by Crippen LogP contribution is -2.30. The molecule has 1 unspecified atom stereocenters. The maximum Gasteiger partial charge on any atom is 0.306 e. The molecule has 6 heteroatoms. The minimum atomic E-state index is -0.776. The summed E-state index contributed by atoms with van der Waals surface area (Å²) in [4.78, 5) is 37.9. The lowest BCUT2D eigenvalue weighted by atomic mass is 10.0. The van der Waals surface area contributed by atoms with Crippen molar-refractivity contribution in [1.82, 2.24) is 0 Å². The lowest BCUT2D eigenvalue weighted by molar-refractivity contribution is -0.167. The minimum Gasteiger partial charge on any atom is -0.462 e. The van der Waals surface area contributed by atoms with Crippen molar-refractivity contribution in [2.75, 3.05) is 13.2 Å². The largest absolute Gasteiger partial charge is 0.462 e. The molecule has 0 bridgehead atoms. The molecule has 0 rings (SSSR count). The van der Waals surface area contributed by atoms with E-state index >= 15 is 0 Å². The molecule has 66 heavy (non-hydrogen) atoms. The van der Waals surface area contributed by atoms with Crippen LogP contribution in [0.4, 0.5) is 0 Å². The number of hydrogen-bond acceptors (Lipinski definition) is 6. The zero-order valence-electron chi connectivity index (χ0n) is 44.0. The van der Waals surface area contributed by atoms with Crippen molar-refractivity contribution in [2.24, 2.45) is 0 Å². The highest BCUT2D eigenvalue weighted by Crippen LogP contribution is 2.16. The topological polar surface area (TPSA) is 78.9 Å². The van der Waals surface area contributed by atoms with Crippen LogP contribution < -0.4 is 0 Å². The molecule has 0 radical (unpaired) electrons. The molecule has 0 saturated heterocycles. The Morgan fingerprint density at radius 3 is 0.864 bits per heavy atom. The molecule has 0 aliphatic rings. The van der Waals surface area contributed by atoms with Crippen LogP contribution in [0.25, 0.3) is 0 Å². The number of rotatable bonds is 52. The third kappa shape index (κ3) is 52.3. The normalized spacial score (nSPS) is 12.3. The van der Waals surface area contributed by atoms with Crippen molar-refractivity contribution in [3.8, 4) is 0 Å². The third-order valence-corrected chi connectivity index (χ3v) is 12.6. The molecule has 0 spiro atoms. The molecule has 1 atom stereocenters. The fourth-order valence-electron chi connectivity index (χ4n) is 8.21. The average molecular weight is 926 g/mol. The fraction of sp³-hybridized carbons (Fsp3) is 0.817. The first-order valence-corrected chi connectivity index (χ1v) is 28.6. The van der Waals surface area contributed by atoms with Gasteiger partial charge in [-0.1, -0.05) is 243 Å². The maximum atomic E-state index is 12.8. The molecule has 0 saturated carbocycles. The molecule has 0 amide bonds. The van der Waals surface area contributed by atoms with Crippen molar-refractivity contribution >= 4 is 17.9 Å². The first-order valence-electron chi connectivity index (χ1n) is 28.6. The Morgan fingerprint density at radius 2 is 0.545 bits per heavy atom. The first-order chi connectivity index (χ1) is 32.5. The van der Waals surface area contributed by atoms with Crippen molar-refractivity contribution in [3.05, 3.63) is 48.6 Å². The van der Waals surface area contributed by atoms with E-state index in [9.17, 15) is 14.4 Å². The quantitative estimate of drug-likeness (QED) is 0.0262. The van der Waals surface area contributed by atoms with Crippen molar-refractivity contribution in [1.29, 1.82) is 0 Å². The second kappa shape index (κ2) is 55.0. The zero-order valence-corrected chi connectivity index (χ0v) is 44.0. The number of hydrogen-bond donors (Lipinski definition) is 0. The van der Waals surface area contributed by atoms with Gasteiger partial charge >= 0.3 is 17.9 Å². The van der Waals surface area contributed by atoms with E-state index in [1.165, 1.54) is 167 Å². The van der Waals surface area contributed by atoms with Crippen LogP contribution in [0.2, 0.25) is 0 Å². The van der Waals surface area contributed by atoms with Crippen LogP contribution in [-0.2, 0) is 28.6 Å². The highest BCUT2D eigenvalue weighted by Gasteiger charge is 2.19.